The van der Waals surface area contributed by atoms with Crippen molar-refractivity contribution in [2.24, 2.45) is 11.7 Å². The lowest BCUT2D eigenvalue weighted by Gasteiger charge is -2.34. The molecule has 1 fully saturated rings. The topological polar surface area (TPSA) is 38.9 Å². The zero-order chi connectivity index (χ0) is 13.2. The standard InChI is InChI=1S/C17H22N2/c1-2-12-8-9-16(18)15(11-12)13-5-3-7-17-14(13)6-4-10-19-17/h3-7,10,12,15-16H,2,8-9,11,18H2,1H3. The van der Waals surface area contributed by atoms with Gasteiger partial charge in [-0.2, -0.15) is 0 Å². The molecule has 2 N–H and O–H groups in total. The summed E-state index contributed by atoms with van der Waals surface area (Å²) in [6.45, 7) is 2.29. The molecule has 19 heavy (non-hydrogen) atoms. The van der Waals surface area contributed by atoms with Crippen molar-refractivity contribution in [1.82, 2.24) is 4.98 Å². The smallest absolute Gasteiger partial charge is 0.0704 e. The maximum atomic E-state index is 6.40. The molecule has 0 bridgehead atoms. The van der Waals surface area contributed by atoms with E-state index in [1.54, 1.807) is 0 Å². The summed E-state index contributed by atoms with van der Waals surface area (Å²) in [5, 5.41) is 1.28. The predicted molar refractivity (Wildman–Crippen MR) is 80.1 cm³/mol. The number of nitrogens with two attached hydrogens (primary N) is 1. The minimum absolute atomic E-state index is 0.300. The van der Waals surface area contributed by atoms with Gasteiger partial charge in [0.1, 0.15) is 0 Å². The van der Waals surface area contributed by atoms with E-state index in [2.05, 4.69) is 36.2 Å². The van der Waals surface area contributed by atoms with Gasteiger partial charge in [0.2, 0.25) is 0 Å². The summed E-state index contributed by atoms with van der Waals surface area (Å²) >= 11 is 0. The summed E-state index contributed by atoms with van der Waals surface area (Å²) in [6.07, 6.45) is 6.80. The molecule has 2 heteroatoms. The van der Waals surface area contributed by atoms with Crippen molar-refractivity contribution in [3.8, 4) is 0 Å². The number of fused-ring (bicyclic) bond motifs is 1. The van der Waals surface area contributed by atoms with Crippen LogP contribution in [0.2, 0.25) is 0 Å². The Morgan fingerprint density at radius 2 is 2.11 bits per heavy atom. The maximum Gasteiger partial charge on any atom is 0.0704 e. The molecule has 100 valence electrons. The third-order valence-corrected chi connectivity index (χ3v) is 4.67. The summed E-state index contributed by atoms with van der Waals surface area (Å²) in [6, 6.07) is 11.0. The third-order valence-electron chi connectivity index (χ3n) is 4.67. The van der Waals surface area contributed by atoms with Crippen LogP contribution < -0.4 is 5.73 Å². The van der Waals surface area contributed by atoms with Crippen LogP contribution in [-0.2, 0) is 0 Å². The lowest BCUT2D eigenvalue weighted by molar-refractivity contribution is 0.283. The van der Waals surface area contributed by atoms with Crippen molar-refractivity contribution in [1.29, 1.82) is 0 Å². The van der Waals surface area contributed by atoms with Gasteiger partial charge in [0.25, 0.3) is 0 Å². The molecule has 0 radical (unpaired) electrons. The van der Waals surface area contributed by atoms with Gasteiger partial charge in [-0.15, -0.1) is 0 Å². The summed E-state index contributed by atoms with van der Waals surface area (Å²) in [5.74, 6) is 1.32. The molecule has 3 unspecified atom stereocenters. The first-order chi connectivity index (χ1) is 9.29. The fourth-order valence-electron chi connectivity index (χ4n) is 3.46. The van der Waals surface area contributed by atoms with E-state index in [0.29, 0.717) is 12.0 Å². The number of pyridine rings is 1. The molecule has 1 saturated carbocycles. The van der Waals surface area contributed by atoms with E-state index < -0.39 is 0 Å². The van der Waals surface area contributed by atoms with Gasteiger partial charge in [0, 0.05) is 17.6 Å². The second-order valence-corrected chi connectivity index (χ2v) is 5.78. The van der Waals surface area contributed by atoms with Crippen LogP contribution in [-0.4, -0.2) is 11.0 Å². The Bertz CT molecular complexity index is 559. The number of hydrogen-bond donors (Lipinski definition) is 1. The van der Waals surface area contributed by atoms with Crippen molar-refractivity contribution < 1.29 is 0 Å². The van der Waals surface area contributed by atoms with Crippen LogP contribution in [0.25, 0.3) is 10.9 Å². The lowest BCUT2D eigenvalue weighted by Crippen LogP contribution is -2.34. The molecule has 0 aliphatic heterocycles. The Balaban J connectivity index is 2.02. The van der Waals surface area contributed by atoms with Gasteiger partial charge in [0.05, 0.1) is 5.52 Å². The van der Waals surface area contributed by atoms with Gasteiger partial charge < -0.3 is 5.73 Å². The van der Waals surface area contributed by atoms with Gasteiger partial charge in [-0.3, -0.25) is 4.98 Å². The molecule has 1 aliphatic rings. The largest absolute Gasteiger partial charge is 0.327 e. The Kier molecular flexibility index (Phi) is 3.52. The molecule has 1 aromatic heterocycles. The molecule has 1 heterocycles. The zero-order valence-corrected chi connectivity index (χ0v) is 11.5. The van der Waals surface area contributed by atoms with Crippen molar-refractivity contribution in [2.75, 3.05) is 0 Å². The van der Waals surface area contributed by atoms with Crippen LogP contribution in [0, 0.1) is 5.92 Å². The highest BCUT2D eigenvalue weighted by atomic mass is 14.7. The molecule has 1 aromatic carbocycles. The summed E-state index contributed by atoms with van der Waals surface area (Å²) in [4.78, 5) is 4.46. The Hall–Kier alpha value is -1.41. The Morgan fingerprint density at radius 1 is 1.21 bits per heavy atom. The molecular formula is C17H22N2. The van der Waals surface area contributed by atoms with Crippen molar-refractivity contribution in [3.05, 3.63) is 42.1 Å². The minimum Gasteiger partial charge on any atom is -0.327 e. The first-order valence-electron chi connectivity index (χ1n) is 7.38. The quantitative estimate of drug-likeness (QED) is 0.884. The van der Waals surface area contributed by atoms with Gasteiger partial charge in [-0.1, -0.05) is 31.5 Å². The van der Waals surface area contributed by atoms with Crippen LogP contribution in [0.5, 0.6) is 0 Å². The van der Waals surface area contributed by atoms with Crippen LogP contribution in [0.3, 0.4) is 0 Å². The zero-order valence-electron chi connectivity index (χ0n) is 11.5. The normalized spacial score (nSPS) is 27.6. The SMILES string of the molecule is CCC1CCC(N)C(c2cccc3ncccc23)C1. The highest BCUT2D eigenvalue weighted by Gasteiger charge is 2.29. The van der Waals surface area contributed by atoms with E-state index in [1.807, 2.05) is 12.3 Å². The van der Waals surface area contributed by atoms with Gasteiger partial charge in [0.15, 0.2) is 0 Å². The molecule has 3 rings (SSSR count). The summed E-state index contributed by atoms with van der Waals surface area (Å²) in [7, 11) is 0. The molecule has 2 aromatic rings. The van der Waals surface area contributed by atoms with Crippen LogP contribution in [0.4, 0.5) is 0 Å². The highest BCUT2D eigenvalue weighted by molar-refractivity contribution is 5.82. The maximum absolute atomic E-state index is 6.40. The third kappa shape index (κ3) is 2.37. The van der Waals surface area contributed by atoms with E-state index in [1.165, 1.54) is 30.2 Å². The summed E-state index contributed by atoms with van der Waals surface area (Å²) < 4.78 is 0. The molecule has 3 atom stereocenters. The fourth-order valence-corrected chi connectivity index (χ4v) is 3.46. The van der Waals surface area contributed by atoms with Gasteiger partial charge >= 0.3 is 0 Å². The first-order valence-corrected chi connectivity index (χ1v) is 7.38. The second-order valence-electron chi connectivity index (χ2n) is 5.78. The summed E-state index contributed by atoms with van der Waals surface area (Å²) in [5.41, 5.74) is 8.89. The lowest BCUT2D eigenvalue weighted by atomic mass is 9.73. The number of aromatic nitrogens is 1. The van der Waals surface area contributed by atoms with E-state index in [-0.39, 0.29) is 0 Å². The number of benzene rings is 1. The second kappa shape index (κ2) is 5.30. The molecule has 0 saturated heterocycles. The van der Waals surface area contributed by atoms with Crippen LogP contribution in [0.15, 0.2) is 36.5 Å². The molecular weight excluding hydrogens is 232 g/mol. The highest BCUT2D eigenvalue weighted by Crippen LogP contribution is 2.39. The van der Waals surface area contributed by atoms with Gasteiger partial charge in [-0.05, 0) is 48.8 Å². The molecule has 2 nitrogen and oxygen atoms in total. The molecule has 1 aliphatic carbocycles. The first kappa shape index (κ1) is 12.6. The van der Waals surface area contributed by atoms with Gasteiger partial charge in [-0.25, -0.2) is 0 Å². The van der Waals surface area contributed by atoms with Crippen molar-refractivity contribution in [2.45, 2.75) is 44.6 Å². The number of rotatable bonds is 2. The number of nitrogens with zero attached hydrogens (tertiary/aromatic N) is 1. The number of hydrogen-bond acceptors (Lipinski definition) is 2. The van der Waals surface area contributed by atoms with Crippen LogP contribution >= 0.6 is 0 Å². The van der Waals surface area contributed by atoms with Crippen LogP contribution in [0.1, 0.15) is 44.1 Å². The van der Waals surface area contributed by atoms with E-state index in [0.717, 1.165) is 17.9 Å². The monoisotopic (exact) mass is 254 g/mol. The average molecular weight is 254 g/mol. The Morgan fingerprint density at radius 3 is 2.95 bits per heavy atom. The fraction of sp³-hybridized carbons (Fsp3) is 0.471. The van der Waals surface area contributed by atoms with E-state index >= 15 is 0 Å². The van der Waals surface area contributed by atoms with Crippen molar-refractivity contribution in [3.63, 3.8) is 0 Å². The molecule has 0 spiro atoms. The minimum atomic E-state index is 0.300. The van der Waals surface area contributed by atoms with Crippen molar-refractivity contribution >= 4 is 10.9 Å². The van der Waals surface area contributed by atoms with E-state index in [4.69, 9.17) is 5.73 Å². The molecule has 0 amide bonds. The Labute approximate surface area is 115 Å². The van der Waals surface area contributed by atoms with E-state index in [9.17, 15) is 0 Å². The predicted octanol–water partition coefficient (Wildman–Crippen LogP) is 3.86. The average Bonchev–Trinajstić information content (AvgIpc) is 2.47.